The fourth-order valence-electron chi connectivity index (χ4n) is 7.60. The van der Waals surface area contributed by atoms with Crippen molar-refractivity contribution in [3.63, 3.8) is 0 Å². The number of carbonyl (C=O) groups is 1. The van der Waals surface area contributed by atoms with E-state index in [1.165, 1.54) is 12.8 Å². The first-order valence-corrected chi connectivity index (χ1v) is 15.5. The van der Waals surface area contributed by atoms with E-state index in [-0.39, 0.29) is 23.7 Å². The minimum atomic E-state index is -0.00290. The number of hydrogen-bond acceptors (Lipinski definition) is 6. The third-order valence-electron chi connectivity index (χ3n) is 10.1. The van der Waals surface area contributed by atoms with E-state index >= 15 is 0 Å². The SMILES string of the molecule is COc1cc(-c2cccc3cc(-c4nc5cc(C(=O)N6CC7CCC6[C@@H]7N)cc(OC)c5n4C)n(CC4CC4)c23)ccc1O. The molecule has 1 aliphatic heterocycles. The summed E-state index contributed by atoms with van der Waals surface area (Å²) < 4.78 is 15.8. The first-order chi connectivity index (χ1) is 21.4. The lowest BCUT2D eigenvalue weighted by molar-refractivity contribution is 0.0700. The van der Waals surface area contributed by atoms with Crippen LogP contribution in [0.15, 0.2) is 54.6 Å². The number of rotatable bonds is 7. The van der Waals surface area contributed by atoms with Crippen LogP contribution in [-0.4, -0.2) is 62.9 Å². The van der Waals surface area contributed by atoms with E-state index in [1.54, 1.807) is 20.3 Å². The number of nitrogens with two attached hydrogens (primary N) is 1. The number of fused-ring (bicyclic) bond motifs is 4. The maximum atomic E-state index is 13.7. The Morgan fingerprint density at radius 1 is 1.00 bits per heavy atom. The van der Waals surface area contributed by atoms with Gasteiger partial charge < -0.3 is 34.3 Å². The van der Waals surface area contributed by atoms with Gasteiger partial charge in [-0.05, 0) is 73.4 Å². The van der Waals surface area contributed by atoms with Gasteiger partial charge in [0.15, 0.2) is 17.3 Å². The van der Waals surface area contributed by atoms with Gasteiger partial charge in [0.25, 0.3) is 5.91 Å². The van der Waals surface area contributed by atoms with Gasteiger partial charge in [-0.1, -0.05) is 24.3 Å². The molecule has 2 bridgehead atoms. The number of nitrogens with zero attached hydrogens (tertiary/aromatic N) is 4. The lowest BCUT2D eigenvalue weighted by Crippen LogP contribution is -2.41. The first kappa shape index (κ1) is 27.1. The Kier molecular flexibility index (Phi) is 6.17. The second kappa shape index (κ2) is 10.0. The number of aromatic nitrogens is 3. The van der Waals surface area contributed by atoms with Gasteiger partial charge >= 0.3 is 0 Å². The molecule has 3 aliphatic rings. The van der Waals surface area contributed by atoms with Gasteiger partial charge in [-0.25, -0.2) is 4.98 Å². The topological polar surface area (TPSA) is 108 Å². The van der Waals surface area contributed by atoms with Crippen LogP contribution in [0.1, 0.15) is 36.0 Å². The molecule has 3 heterocycles. The van der Waals surface area contributed by atoms with Crippen molar-refractivity contribution in [3.05, 3.63) is 60.2 Å². The summed E-state index contributed by atoms with van der Waals surface area (Å²) in [5.41, 5.74) is 12.8. The second-order valence-electron chi connectivity index (χ2n) is 12.7. The van der Waals surface area contributed by atoms with Gasteiger partial charge in [-0.15, -0.1) is 0 Å². The molecule has 0 radical (unpaired) electrons. The molecule has 2 saturated carbocycles. The number of methoxy groups -OCH3 is 2. The van der Waals surface area contributed by atoms with Crippen molar-refractivity contribution >= 4 is 27.8 Å². The summed E-state index contributed by atoms with van der Waals surface area (Å²) >= 11 is 0. The van der Waals surface area contributed by atoms with E-state index in [2.05, 4.69) is 33.4 Å². The van der Waals surface area contributed by atoms with Crippen LogP contribution in [0, 0.1) is 11.8 Å². The van der Waals surface area contributed by atoms with Crippen LogP contribution in [-0.2, 0) is 13.6 Å². The van der Waals surface area contributed by atoms with Crippen molar-refractivity contribution in [2.75, 3.05) is 20.8 Å². The van der Waals surface area contributed by atoms with E-state index in [0.717, 1.165) is 70.5 Å². The molecule has 44 heavy (non-hydrogen) atoms. The van der Waals surface area contributed by atoms with Gasteiger partial charge in [0.1, 0.15) is 11.3 Å². The van der Waals surface area contributed by atoms with Gasteiger partial charge in [0.05, 0.1) is 30.9 Å². The van der Waals surface area contributed by atoms with Crippen molar-refractivity contribution < 1.29 is 19.4 Å². The fourth-order valence-corrected chi connectivity index (χ4v) is 7.60. The summed E-state index contributed by atoms with van der Waals surface area (Å²) in [6, 6.07) is 17.9. The van der Waals surface area contributed by atoms with E-state index in [9.17, 15) is 9.90 Å². The number of hydrogen-bond donors (Lipinski definition) is 2. The highest BCUT2D eigenvalue weighted by atomic mass is 16.5. The number of aryl methyl sites for hydroxylation is 1. The molecule has 1 saturated heterocycles. The fraction of sp³-hybridized carbons (Fsp3) is 0.371. The number of aromatic hydroxyl groups is 1. The van der Waals surface area contributed by atoms with Crippen LogP contribution in [0.3, 0.4) is 0 Å². The molecule has 5 aromatic rings. The summed E-state index contributed by atoms with van der Waals surface area (Å²) in [4.78, 5) is 20.9. The number of carbonyl (C=O) groups excluding carboxylic acids is 1. The molecule has 2 unspecified atom stereocenters. The number of likely N-dealkylation sites (tertiary alicyclic amines) is 1. The summed E-state index contributed by atoms with van der Waals surface area (Å²) in [5, 5.41) is 11.4. The number of imidazole rings is 1. The molecule has 3 aromatic carbocycles. The second-order valence-corrected chi connectivity index (χ2v) is 12.7. The molecule has 3 fully saturated rings. The largest absolute Gasteiger partial charge is 0.504 e. The van der Waals surface area contributed by atoms with Crippen LogP contribution in [0.5, 0.6) is 17.2 Å². The smallest absolute Gasteiger partial charge is 0.254 e. The average molecular weight is 592 g/mol. The van der Waals surface area contributed by atoms with E-state index < -0.39 is 0 Å². The predicted octanol–water partition coefficient (Wildman–Crippen LogP) is 5.56. The molecule has 3 N–H and O–H groups in total. The Morgan fingerprint density at radius 3 is 2.52 bits per heavy atom. The molecule has 3 atom stereocenters. The minimum Gasteiger partial charge on any atom is -0.504 e. The molecule has 226 valence electrons. The van der Waals surface area contributed by atoms with Crippen LogP contribution < -0.4 is 15.2 Å². The van der Waals surface area contributed by atoms with Gasteiger partial charge in [-0.2, -0.15) is 0 Å². The zero-order valence-corrected chi connectivity index (χ0v) is 25.3. The highest BCUT2D eigenvalue weighted by molar-refractivity contribution is 6.01. The molecule has 1 amide bonds. The summed E-state index contributed by atoms with van der Waals surface area (Å²) in [7, 11) is 5.22. The summed E-state index contributed by atoms with van der Waals surface area (Å²) in [6.45, 7) is 1.60. The standard InChI is InChI=1S/C35H37N5O4/c1-38-33-25(13-23(16-30(33)44-3)35(42)40-18-22-9-11-26(40)31(22)36)37-34(38)27-14-21-5-4-6-24(32(21)39(27)17-19-7-8-19)20-10-12-28(41)29(15-20)43-2/h4-6,10,12-16,19,22,26,31,41H,7-9,11,17-18,36H2,1-3H3/t22?,26?,31-/m1/s1. The van der Waals surface area contributed by atoms with Crippen LogP contribution >= 0.6 is 0 Å². The number of ether oxygens (including phenoxy) is 2. The Labute approximate surface area is 255 Å². The first-order valence-electron chi connectivity index (χ1n) is 15.5. The Hall–Kier alpha value is -4.50. The molecule has 2 aliphatic carbocycles. The Bertz CT molecular complexity index is 1950. The molecule has 9 heteroatoms. The quantitative estimate of drug-likeness (QED) is 0.257. The molecule has 2 aromatic heterocycles. The summed E-state index contributed by atoms with van der Waals surface area (Å²) in [6.07, 6.45) is 4.48. The zero-order valence-electron chi connectivity index (χ0n) is 25.3. The maximum absolute atomic E-state index is 13.7. The van der Waals surface area contributed by atoms with Crippen molar-refractivity contribution in [1.29, 1.82) is 0 Å². The zero-order chi connectivity index (χ0) is 30.3. The molecule has 9 nitrogen and oxygen atoms in total. The third kappa shape index (κ3) is 4.09. The third-order valence-corrected chi connectivity index (χ3v) is 10.1. The van der Waals surface area contributed by atoms with Crippen LogP contribution in [0.25, 0.3) is 44.6 Å². The molecular formula is C35H37N5O4. The van der Waals surface area contributed by atoms with Crippen molar-refractivity contribution in [2.45, 2.75) is 44.3 Å². The number of benzene rings is 3. The Balaban J connectivity index is 1.28. The van der Waals surface area contributed by atoms with Gasteiger partial charge in [0, 0.05) is 48.7 Å². The number of piperidine rings is 1. The number of phenols is 1. The summed E-state index contributed by atoms with van der Waals surface area (Å²) in [5.74, 6) is 3.00. The van der Waals surface area contributed by atoms with Crippen molar-refractivity contribution in [3.8, 4) is 39.9 Å². The van der Waals surface area contributed by atoms with Crippen LogP contribution in [0.4, 0.5) is 0 Å². The lowest BCUT2D eigenvalue weighted by atomic mass is 10.0. The minimum absolute atomic E-state index is 0.00290. The highest BCUT2D eigenvalue weighted by Crippen LogP contribution is 2.42. The highest BCUT2D eigenvalue weighted by Gasteiger charge is 2.47. The molecule has 8 rings (SSSR count). The lowest BCUT2D eigenvalue weighted by Gasteiger charge is -2.27. The van der Waals surface area contributed by atoms with E-state index in [0.29, 0.717) is 28.9 Å². The van der Waals surface area contributed by atoms with Gasteiger partial charge in [-0.3, -0.25) is 4.79 Å². The van der Waals surface area contributed by atoms with E-state index in [4.69, 9.17) is 20.2 Å². The predicted molar refractivity (Wildman–Crippen MR) is 170 cm³/mol. The normalized spacial score (nSPS) is 21.1. The maximum Gasteiger partial charge on any atom is 0.254 e. The van der Waals surface area contributed by atoms with E-state index in [1.807, 2.05) is 36.2 Å². The van der Waals surface area contributed by atoms with Gasteiger partial charge in [0.2, 0.25) is 0 Å². The number of amides is 1. The van der Waals surface area contributed by atoms with Crippen molar-refractivity contribution in [2.24, 2.45) is 24.6 Å². The monoisotopic (exact) mass is 591 g/mol. The Morgan fingerprint density at radius 2 is 1.82 bits per heavy atom. The number of para-hydroxylation sites is 1. The molecular weight excluding hydrogens is 554 g/mol. The number of phenolic OH excluding ortho intramolecular Hbond substituents is 1. The van der Waals surface area contributed by atoms with Crippen molar-refractivity contribution in [1.82, 2.24) is 19.0 Å². The molecule has 0 spiro atoms. The van der Waals surface area contributed by atoms with Crippen LogP contribution in [0.2, 0.25) is 0 Å². The average Bonchev–Trinajstić information content (AvgIpc) is 3.42.